The molecule has 0 bridgehead atoms. The maximum Gasteiger partial charge on any atom is 0.241 e. The van der Waals surface area contributed by atoms with Gasteiger partial charge in [-0.05, 0) is 45.1 Å². The van der Waals surface area contributed by atoms with Crippen LogP contribution in [0, 0.1) is 5.92 Å². The van der Waals surface area contributed by atoms with Crippen LogP contribution in [-0.4, -0.2) is 18.6 Å². The van der Waals surface area contributed by atoms with E-state index in [0.717, 1.165) is 18.4 Å². The lowest BCUT2D eigenvalue weighted by Gasteiger charge is -2.23. The molecule has 2 N–H and O–H groups in total. The van der Waals surface area contributed by atoms with Gasteiger partial charge in [0.2, 0.25) is 5.91 Å². The van der Waals surface area contributed by atoms with E-state index in [2.05, 4.69) is 26.8 Å². The number of nitrogens with two attached hydrogens (primary N) is 1. The number of hydrogen-bond acceptors (Lipinski definition) is 2. The summed E-state index contributed by atoms with van der Waals surface area (Å²) in [5.74, 6) is 0.252. The fourth-order valence-corrected chi connectivity index (χ4v) is 1.85. The Kier molecular flexibility index (Phi) is 8.41. The standard InChI is InChI=1S/C16H29NO2/c1-13(10-7-11-16(3,4)19-5)8-6-9-14(2)12-15(17)18/h6,9,12-13H,7-8,10-11H2,1-5H3,(H2,17,18)/b9-6+,14-12+/t13-/m1/s1. The Morgan fingerprint density at radius 1 is 1.42 bits per heavy atom. The fraction of sp³-hybridized carbons (Fsp3) is 0.688. The monoisotopic (exact) mass is 267 g/mol. The van der Waals surface area contributed by atoms with Crippen LogP contribution < -0.4 is 5.73 Å². The number of rotatable bonds is 9. The molecule has 0 aliphatic heterocycles. The molecule has 0 saturated heterocycles. The summed E-state index contributed by atoms with van der Waals surface area (Å²) in [6, 6.07) is 0. The SMILES string of the molecule is COC(C)(C)CCC[C@H](C)C/C=C/C(C)=C/C(N)=O. The zero-order valence-electron chi connectivity index (χ0n) is 13.0. The smallest absolute Gasteiger partial charge is 0.241 e. The summed E-state index contributed by atoms with van der Waals surface area (Å²) in [5, 5.41) is 0. The highest BCUT2D eigenvalue weighted by molar-refractivity contribution is 5.86. The molecule has 0 fully saturated rings. The number of carbonyl (C=O) groups is 1. The molecule has 0 aliphatic carbocycles. The van der Waals surface area contributed by atoms with Crippen molar-refractivity contribution in [2.45, 2.75) is 59.0 Å². The highest BCUT2D eigenvalue weighted by Crippen LogP contribution is 2.20. The molecular weight excluding hydrogens is 238 g/mol. The van der Waals surface area contributed by atoms with Gasteiger partial charge in [-0.25, -0.2) is 0 Å². The lowest BCUT2D eigenvalue weighted by atomic mass is 9.95. The quantitative estimate of drug-likeness (QED) is 0.512. The van der Waals surface area contributed by atoms with E-state index in [9.17, 15) is 4.79 Å². The van der Waals surface area contributed by atoms with Crippen molar-refractivity contribution in [1.29, 1.82) is 0 Å². The van der Waals surface area contributed by atoms with Crippen LogP contribution in [0.4, 0.5) is 0 Å². The minimum absolute atomic E-state index is 0.0175. The predicted molar refractivity (Wildman–Crippen MR) is 80.8 cm³/mol. The van der Waals surface area contributed by atoms with Gasteiger partial charge in [0.05, 0.1) is 5.60 Å². The average Bonchev–Trinajstić information content (AvgIpc) is 2.27. The molecule has 1 atom stereocenters. The van der Waals surface area contributed by atoms with E-state index in [1.165, 1.54) is 18.9 Å². The Morgan fingerprint density at radius 3 is 2.58 bits per heavy atom. The lowest BCUT2D eigenvalue weighted by molar-refractivity contribution is -0.113. The van der Waals surface area contributed by atoms with Crippen molar-refractivity contribution >= 4 is 5.91 Å². The number of ether oxygens (including phenoxy) is 1. The second-order valence-electron chi connectivity index (χ2n) is 5.89. The van der Waals surface area contributed by atoms with Crippen molar-refractivity contribution < 1.29 is 9.53 Å². The molecule has 3 heteroatoms. The van der Waals surface area contributed by atoms with Gasteiger partial charge in [0, 0.05) is 13.2 Å². The summed E-state index contributed by atoms with van der Waals surface area (Å²) in [5.41, 5.74) is 5.97. The van der Waals surface area contributed by atoms with Crippen LogP contribution in [-0.2, 0) is 9.53 Å². The van der Waals surface area contributed by atoms with E-state index >= 15 is 0 Å². The molecule has 0 unspecified atom stereocenters. The minimum atomic E-state index is -0.392. The Balaban J connectivity index is 3.91. The number of primary amides is 1. The van der Waals surface area contributed by atoms with Crippen LogP contribution in [0.5, 0.6) is 0 Å². The van der Waals surface area contributed by atoms with Crippen LogP contribution in [0.3, 0.4) is 0 Å². The van der Waals surface area contributed by atoms with Crippen LogP contribution >= 0.6 is 0 Å². The maximum absolute atomic E-state index is 10.7. The Labute approximate surface area is 117 Å². The first-order valence-electron chi connectivity index (χ1n) is 6.96. The van der Waals surface area contributed by atoms with E-state index in [-0.39, 0.29) is 5.60 Å². The van der Waals surface area contributed by atoms with Crippen LogP contribution in [0.15, 0.2) is 23.8 Å². The van der Waals surface area contributed by atoms with E-state index in [4.69, 9.17) is 10.5 Å². The van der Waals surface area contributed by atoms with Crippen LogP contribution in [0.2, 0.25) is 0 Å². The summed E-state index contributed by atoms with van der Waals surface area (Å²) in [7, 11) is 1.76. The maximum atomic E-state index is 10.7. The van der Waals surface area contributed by atoms with Crippen LogP contribution in [0.25, 0.3) is 0 Å². The molecule has 0 aromatic rings. The molecule has 0 aliphatic rings. The van der Waals surface area contributed by atoms with Crippen LogP contribution in [0.1, 0.15) is 53.4 Å². The number of methoxy groups -OCH3 is 1. The molecule has 19 heavy (non-hydrogen) atoms. The van der Waals surface area contributed by atoms with Crippen molar-refractivity contribution in [2.75, 3.05) is 7.11 Å². The summed E-state index contributed by atoms with van der Waals surface area (Å²) >= 11 is 0. The van der Waals surface area contributed by atoms with Crippen molar-refractivity contribution in [3.05, 3.63) is 23.8 Å². The van der Waals surface area contributed by atoms with Gasteiger partial charge in [0.1, 0.15) is 0 Å². The minimum Gasteiger partial charge on any atom is -0.379 e. The summed E-state index contributed by atoms with van der Waals surface area (Å²) < 4.78 is 5.40. The molecule has 0 radical (unpaired) electrons. The van der Waals surface area contributed by atoms with Gasteiger partial charge in [-0.3, -0.25) is 4.79 Å². The summed E-state index contributed by atoms with van der Waals surface area (Å²) in [4.78, 5) is 10.7. The molecule has 0 aromatic heterocycles. The highest BCUT2D eigenvalue weighted by Gasteiger charge is 2.15. The molecule has 0 rings (SSSR count). The van der Waals surface area contributed by atoms with Gasteiger partial charge in [0.25, 0.3) is 0 Å². The molecule has 0 spiro atoms. The van der Waals surface area contributed by atoms with E-state index in [0.29, 0.717) is 5.92 Å². The molecular formula is C16H29NO2. The highest BCUT2D eigenvalue weighted by atomic mass is 16.5. The fourth-order valence-electron chi connectivity index (χ4n) is 1.85. The Morgan fingerprint density at radius 2 is 2.05 bits per heavy atom. The Hall–Kier alpha value is -1.09. The second-order valence-corrected chi connectivity index (χ2v) is 5.89. The molecule has 1 amide bonds. The third kappa shape index (κ3) is 10.5. The molecule has 0 aromatic carbocycles. The normalized spacial score (nSPS) is 14.9. The third-order valence-electron chi connectivity index (χ3n) is 3.32. The summed E-state index contributed by atoms with van der Waals surface area (Å²) in [6.45, 7) is 8.37. The summed E-state index contributed by atoms with van der Waals surface area (Å²) in [6.07, 6.45) is 9.99. The average molecular weight is 267 g/mol. The first-order valence-corrected chi connectivity index (χ1v) is 6.96. The van der Waals surface area contributed by atoms with Gasteiger partial charge < -0.3 is 10.5 Å². The van der Waals surface area contributed by atoms with Crippen molar-refractivity contribution in [2.24, 2.45) is 11.7 Å². The third-order valence-corrected chi connectivity index (χ3v) is 3.32. The van der Waals surface area contributed by atoms with Gasteiger partial charge in [-0.15, -0.1) is 0 Å². The number of hydrogen-bond donors (Lipinski definition) is 1. The number of carbonyl (C=O) groups excluding carboxylic acids is 1. The van der Waals surface area contributed by atoms with Gasteiger partial charge in [-0.1, -0.05) is 31.9 Å². The number of allylic oxidation sites excluding steroid dienone is 3. The van der Waals surface area contributed by atoms with E-state index in [1.54, 1.807) is 7.11 Å². The molecule has 0 saturated carbocycles. The first kappa shape index (κ1) is 17.9. The van der Waals surface area contributed by atoms with Gasteiger partial charge in [-0.2, -0.15) is 0 Å². The zero-order valence-corrected chi connectivity index (χ0v) is 13.0. The molecule has 110 valence electrons. The second kappa shape index (κ2) is 8.92. The van der Waals surface area contributed by atoms with Crippen molar-refractivity contribution in [3.8, 4) is 0 Å². The van der Waals surface area contributed by atoms with Gasteiger partial charge in [0.15, 0.2) is 0 Å². The largest absolute Gasteiger partial charge is 0.379 e. The van der Waals surface area contributed by atoms with Gasteiger partial charge >= 0.3 is 0 Å². The molecule has 3 nitrogen and oxygen atoms in total. The topological polar surface area (TPSA) is 52.3 Å². The number of amides is 1. The van der Waals surface area contributed by atoms with Crippen molar-refractivity contribution in [3.63, 3.8) is 0 Å². The Bertz CT molecular complexity index is 330. The zero-order chi connectivity index (χ0) is 14.9. The predicted octanol–water partition coefficient (Wildman–Crippen LogP) is 3.60. The van der Waals surface area contributed by atoms with E-state index in [1.807, 2.05) is 13.0 Å². The first-order chi connectivity index (χ1) is 8.76. The van der Waals surface area contributed by atoms with Crippen molar-refractivity contribution in [1.82, 2.24) is 0 Å². The molecule has 0 heterocycles. The van der Waals surface area contributed by atoms with E-state index < -0.39 is 5.91 Å². The lowest BCUT2D eigenvalue weighted by Crippen LogP contribution is -2.22.